The molecule has 2 aliphatic rings. The number of nitrogens with one attached hydrogen (secondary N) is 2. The van der Waals surface area contributed by atoms with Crippen molar-refractivity contribution < 1.29 is 9.18 Å². The van der Waals surface area contributed by atoms with Crippen LogP contribution in [0.3, 0.4) is 0 Å². The van der Waals surface area contributed by atoms with Crippen LogP contribution in [0.5, 0.6) is 0 Å². The average molecular weight is 356 g/mol. The van der Waals surface area contributed by atoms with Gasteiger partial charge in [0.25, 0.3) is 11.5 Å². The standard InChI is InChI=1S/C17H17FN6O2/c1-9-4-11(22-13-5-12(19)20-8-21-13)16(26)24-14(9)15(25)23-17(24)3-2-10(6-17)7-18/h4-6,8H,2-3,7H2,1H3,(H,23,25)(H3,19,20,21,22). The Morgan fingerprint density at radius 1 is 1.38 bits per heavy atom. The summed E-state index contributed by atoms with van der Waals surface area (Å²) in [6.07, 6.45) is 3.86. The number of rotatable bonds is 3. The molecule has 1 spiro atoms. The van der Waals surface area contributed by atoms with Crippen LogP contribution >= 0.6 is 0 Å². The molecule has 1 unspecified atom stereocenters. The van der Waals surface area contributed by atoms with E-state index in [0.29, 0.717) is 35.5 Å². The third kappa shape index (κ3) is 2.35. The number of alkyl halides is 1. The third-order valence-corrected chi connectivity index (χ3v) is 4.73. The molecule has 0 aromatic carbocycles. The van der Waals surface area contributed by atoms with Crippen molar-refractivity contribution >= 4 is 23.2 Å². The van der Waals surface area contributed by atoms with Crippen LogP contribution in [0.15, 0.2) is 34.9 Å². The second-order valence-corrected chi connectivity index (χ2v) is 6.50. The molecule has 0 saturated carbocycles. The molecule has 0 bridgehead atoms. The van der Waals surface area contributed by atoms with E-state index in [9.17, 15) is 14.0 Å². The summed E-state index contributed by atoms with van der Waals surface area (Å²) >= 11 is 0. The van der Waals surface area contributed by atoms with Crippen molar-refractivity contribution in [1.29, 1.82) is 0 Å². The summed E-state index contributed by atoms with van der Waals surface area (Å²) < 4.78 is 14.5. The lowest BCUT2D eigenvalue weighted by molar-refractivity contribution is 0.0937. The summed E-state index contributed by atoms with van der Waals surface area (Å²) in [7, 11) is 0. The Bertz CT molecular complexity index is 1010. The molecule has 134 valence electrons. The molecule has 1 amide bonds. The fourth-order valence-corrected chi connectivity index (χ4v) is 3.60. The first-order valence-electron chi connectivity index (χ1n) is 8.14. The van der Waals surface area contributed by atoms with E-state index in [-0.39, 0.29) is 17.4 Å². The van der Waals surface area contributed by atoms with Crippen molar-refractivity contribution in [2.75, 3.05) is 17.7 Å². The van der Waals surface area contributed by atoms with E-state index in [1.54, 1.807) is 19.1 Å². The van der Waals surface area contributed by atoms with Crippen molar-refractivity contribution in [3.05, 3.63) is 51.7 Å². The van der Waals surface area contributed by atoms with Gasteiger partial charge >= 0.3 is 0 Å². The summed E-state index contributed by atoms with van der Waals surface area (Å²) in [6, 6.07) is 3.10. The minimum absolute atomic E-state index is 0.252. The Balaban J connectivity index is 1.86. The number of nitrogen functional groups attached to an aromatic ring is 1. The molecule has 0 saturated heterocycles. The summed E-state index contributed by atoms with van der Waals surface area (Å²) in [5.74, 6) is 0.293. The fraction of sp³-hybridized carbons (Fsp3) is 0.294. The lowest BCUT2D eigenvalue weighted by Gasteiger charge is -2.25. The molecular formula is C17H17FN6O2. The molecule has 1 aliphatic carbocycles. The van der Waals surface area contributed by atoms with Gasteiger partial charge in [-0.2, -0.15) is 0 Å². The normalized spacial score (nSPS) is 20.8. The van der Waals surface area contributed by atoms with Crippen LogP contribution in [0.2, 0.25) is 0 Å². The molecule has 1 aliphatic heterocycles. The van der Waals surface area contributed by atoms with Crippen molar-refractivity contribution in [2.45, 2.75) is 25.4 Å². The minimum atomic E-state index is -1.02. The van der Waals surface area contributed by atoms with E-state index >= 15 is 0 Å². The number of halogens is 1. The molecule has 4 N–H and O–H groups in total. The van der Waals surface area contributed by atoms with Crippen LogP contribution in [-0.4, -0.2) is 27.1 Å². The molecule has 9 heteroatoms. The summed E-state index contributed by atoms with van der Waals surface area (Å²) in [4.78, 5) is 33.4. The number of nitrogens with two attached hydrogens (primary N) is 1. The van der Waals surface area contributed by atoms with E-state index < -0.39 is 17.9 Å². The number of hydrogen-bond acceptors (Lipinski definition) is 6. The molecule has 8 nitrogen and oxygen atoms in total. The Kier molecular flexibility index (Phi) is 3.53. The maximum atomic E-state index is 13.1. The monoisotopic (exact) mass is 356 g/mol. The molecule has 4 rings (SSSR count). The van der Waals surface area contributed by atoms with E-state index in [2.05, 4.69) is 20.6 Å². The van der Waals surface area contributed by atoms with Gasteiger partial charge in [-0.25, -0.2) is 14.4 Å². The van der Waals surface area contributed by atoms with E-state index in [0.717, 1.165) is 0 Å². The number of pyridine rings is 1. The Hall–Kier alpha value is -3.23. The second kappa shape index (κ2) is 5.65. The van der Waals surface area contributed by atoms with E-state index in [4.69, 9.17) is 5.73 Å². The molecule has 0 fully saturated rings. The quantitative estimate of drug-likeness (QED) is 0.715. The lowest BCUT2D eigenvalue weighted by atomic mass is 10.1. The fourth-order valence-electron chi connectivity index (χ4n) is 3.60. The Labute approximate surface area is 148 Å². The number of anilines is 3. The highest BCUT2D eigenvalue weighted by molar-refractivity contribution is 5.97. The van der Waals surface area contributed by atoms with Gasteiger partial charge < -0.3 is 16.4 Å². The predicted molar refractivity (Wildman–Crippen MR) is 93.9 cm³/mol. The highest BCUT2D eigenvalue weighted by Gasteiger charge is 2.45. The van der Waals surface area contributed by atoms with E-state index in [1.165, 1.54) is 17.0 Å². The number of allylic oxidation sites excluding steroid dienone is 1. The van der Waals surface area contributed by atoms with Crippen LogP contribution in [0.1, 0.15) is 28.9 Å². The van der Waals surface area contributed by atoms with E-state index in [1.807, 2.05) is 0 Å². The number of fused-ring (bicyclic) bond motifs is 2. The molecule has 0 radical (unpaired) electrons. The zero-order chi connectivity index (χ0) is 18.5. The topological polar surface area (TPSA) is 115 Å². The van der Waals surface area contributed by atoms with Crippen molar-refractivity contribution in [3.63, 3.8) is 0 Å². The van der Waals surface area contributed by atoms with Gasteiger partial charge in [0, 0.05) is 6.07 Å². The molecule has 26 heavy (non-hydrogen) atoms. The second-order valence-electron chi connectivity index (χ2n) is 6.50. The summed E-state index contributed by atoms with van der Waals surface area (Å²) in [6.45, 7) is 1.15. The lowest BCUT2D eigenvalue weighted by Crippen LogP contribution is -2.44. The first kappa shape index (κ1) is 16.2. The van der Waals surface area contributed by atoms with Crippen molar-refractivity contribution in [2.24, 2.45) is 0 Å². The Morgan fingerprint density at radius 2 is 2.19 bits per heavy atom. The van der Waals surface area contributed by atoms with Crippen molar-refractivity contribution in [3.8, 4) is 0 Å². The number of nitrogens with zero attached hydrogens (tertiary/aromatic N) is 3. The van der Waals surface area contributed by atoms with Crippen LogP contribution in [-0.2, 0) is 5.66 Å². The molecule has 2 aromatic heterocycles. The number of aromatic nitrogens is 3. The van der Waals surface area contributed by atoms with Gasteiger partial charge in [0.1, 0.15) is 41.7 Å². The summed E-state index contributed by atoms with van der Waals surface area (Å²) in [5.41, 5.74) is 5.98. The SMILES string of the molecule is Cc1cc(Nc2cc(N)ncn2)c(=O)n2c1C(=O)NC21C=C(CF)CC1. The largest absolute Gasteiger partial charge is 0.384 e. The number of carbonyl (C=O) groups is 1. The molecule has 2 aromatic rings. The maximum absolute atomic E-state index is 13.1. The van der Waals surface area contributed by atoms with Crippen LogP contribution in [0.4, 0.5) is 21.7 Å². The summed E-state index contributed by atoms with van der Waals surface area (Å²) in [5, 5.41) is 5.78. The zero-order valence-corrected chi connectivity index (χ0v) is 14.0. The van der Waals surface area contributed by atoms with Crippen molar-refractivity contribution in [1.82, 2.24) is 19.9 Å². The van der Waals surface area contributed by atoms with Crippen LogP contribution in [0, 0.1) is 6.92 Å². The smallest absolute Gasteiger partial charge is 0.277 e. The Morgan fingerprint density at radius 3 is 2.88 bits per heavy atom. The van der Waals surface area contributed by atoms with Gasteiger partial charge in [-0.05, 0) is 43.0 Å². The average Bonchev–Trinajstić information content (AvgIpc) is 3.14. The first-order valence-corrected chi connectivity index (χ1v) is 8.14. The number of amides is 1. The van der Waals surface area contributed by atoms with Crippen LogP contribution < -0.4 is 21.9 Å². The molecule has 3 heterocycles. The number of hydrogen-bond donors (Lipinski definition) is 3. The predicted octanol–water partition coefficient (Wildman–Crippen LogP) is 1.36. The maximum Gasteiger partial charge on any atom is 0.277 e. The minimum Gasteiger partial charge on any atom is -0.384 e. The number of carbonyl (C=O) groups excluding carboxylic acids is 1. The van der Waals surface area contributed by atoms with Gasteiger partial charge in [0.2, 0.25) is 0 Å². The molecule has 1 atom stereocenters. The van der Waals surface area contributed by atoms with Gasteiger partial charge in [-0.3, -0.25) is 14.2 Å². The number of aryl methyl sites for hydroxylation is 1. The van der Waals surface area contributed by atoms with Crippen LogP contribution in [0.25, 0.3) is 0 Å². The third-order valence-electron chi connectivity index (χ3n) is 4.73. The highest BCUT2D eigenvalue weighted by atomic mass is 19.1. The van der Waals surface area contributed by atoms with Gasteiger partial charge in [0.15, 0.2) is 0 Å². The first-order chi connectivity index (χ1) is 12.4. The zero-order valence-electron chi connectivity index (χ0n) is 14.0. The molecular weight excluding hydrogens is 339 g/mol. The van der Waals surface area contributed by atoms with Gasteiger partial charge in [-0.15, -0.1) is 0 Å². The van der Waals surface area contributed by atoms with Gasteiger partial charge in [0.05, 0.1) is 0 Å². The highest BCUT2D eigenvalue weighted by Crippen LogP contribution is 2.37. The van der Waals surface area contributed by atoms with Gasteiger partial charge in [-0.1, -0.05) is 0 Å².